The minimum Gasteiger partial charge on any atom is -0.273 e. The first kappa shape index (κ1) is 7.94. The number of fused-ring (bicyclic) bond motifs is 3. The van der Waals surface area contributed by atoms with Crippen LogP contribution in [0.1, 0.15) is 0 Å². The molecule has 2 heterocycles. The van der Waals surface area contributed by atoms with Gasteiger partial charge in [-0.3, -0.25) is 15.0 Å². The van der Waals surface area contributed by atoms with Gasteiger partial charge in [0.2, 0.25) is 0 Å². The monoisotopic (exact) mass is 201 g/mol. The molecule has 0 radical (unpaired) electrons. The molecule has 0 saturated heterocycles. The fraction of sp³-hybridized carbons (Fsp3) is 0.100. The van der Waals surface area contributed by atoms with Gasteiger partial charge in [0.1, 0.15) is 5.69 Å². The minimum atomic E-state index is 0.800. The molecule has 1 aromatic carbocycles. The Morgan fingerprint density at radius 2 is 2.14 bits per heavy atom. The summed E-state index contributed by atoms with van der Waals surface area (Å²) in [6.45, 7) is 0. The van der Waals surface area contributed by atoms with Gasteiger partial charge in [0.25, 0.3) is 0 Å². The third kappa shape index (κ3) is 1.11. The van der Waals surface area contributed by atoms with Crippen molar-refractivity contribution in [2.45, 2.75) is 4.90 Å². The molecule has 0 bridgehead atoms. The van der Waals surface area contributed by atoms with Gasteiger partial charge in [-0.2, -0.15) is 0 Å². The van der Waals surface area contributed by atoms with Gasteiger partial charge in [-0.05, 0) is 18.2 Å². The van der Waals surface area contributed by atoms with Gasteiger partial charge in [0.05, 0.1) is 21.5 Å². The van der Waals surface area contributed by atoms with Crippen molar-refractivity contribution in [1.82, 2.24) is 0 Å². The summed E-state index contributed by atoms with van der Waals surface area (Å²) in [4.78, 5) is 14.2. The van der Waals surface area contributed by atoms with Crippen LogP contribution in [0, 0.1) is 0 Å². The highest BCUT2D eigenvalue weighted by Gasteiger charge is 2.11. The van der Waals surface area contributed by atoms with Gasteiger partial charge in [-0.25, -0.2) is 0 Å². The van der Waals surface area contributed by atoms with Crippen LogP contribution in [0.15, 0.2) is 44.3 Å². The molecule has 1 aromatic rings. The quantitative estimate of drug-likeness (QED) is 0.621. The molecule has 2 aliphatic heterocycles. The third-order valence-electron chi connectivity index (χ3n) is 2.12. The van der Waals surface area contributed by atoms with E-state index in [-0.39, 0.29) is 0 Å². The second-order valence-electron chi connectivity index (χ2n) is 2.96. The Hall–Kier alpha value is -1.42. The number of allylic oxidation sites excluding steroid dienone is 1. The van der Waals surface area contributed by atoms with Gasteiger partial charge in [0.15, 0.2) is 0 Å². The second kappa shape index (κ2) is 3.06. The van der Waals surface area contributed by atoms with Crippen LogP contribution in [0.25, 0.3) is 0 Å². The summed E-state index contributed by atoms with van der Waals surface area (Å²) < 4.78 is 0. The van der Waals surface area contributed by atoms with Crippen molar-refractivity contribution in [3.05, 3.63) is 35.1 Å². The molecule has 14 heavy (non-hydrogen) atoms. The molecular weight excluding hydrogens is 194 g/mol. The molecule has 0 saturated carbocycles. The van der Waals surface area contributed by atoms with Gasteiger partial charge < -0.3 is 0 Å². The van der Waals surface area contributed by atoms with Crippen molar-refractivity contribution in [3.8, 4) is 0 Å². The van der Waals surface area contributed by atoms with E-state index in [4.69, 9.17) is 0 Å². The van der Waals surface area contributed by atoms with Crippen molar-refractivity contribution in [2.75, 3.05) is 5.88 Å². The van der Waals surface area contributed by atoms with Crippen LogP contribution in [0.5, 0.6) is 0 Å². The van der Waals surface area contributed by atoms with Crippen LogP contribution in [0.4, 0.5) is 5.69 Å². The maximum atomic E-state index is 4.37. The van der Waals surface area contributed by atoms with Gasteiger partial charge in [-0.1, -0.05) is 11.8 Å². The Kier molecular flexibility index (Phi) is 1.73. The molecule has 68 valence electrons. The molecule has 0 amide bonds. The van der Waals surface area contributed by atoms with Crippen LogP contribution in [0.2, 0.25) is 0 Å². The normalized spacial score (nSPS) is 16.6. The van der Waals surface area contributed by atoms with Crippen LogP contribution >= 0.6 is 11.8 Å². The number of benzene rings is 1. The van der Waals surface area contributed by atoms with Crippen LogP contribution < -0.4 is 10.7 Å². The summed E-state index contributed by atoms with van der Waals surface area (Å²) >= 11 is 1.72. The zero-order chi connectivity index (χ0) is 9.38. The van der Waals surface area contributed by atoms with Crippen LogP contribution in [-0.4, -0.2) is 12.1 Å². The zero-order valence-corrected chi connectivity index (χ0v) is 8.16. The molecule has 4 heteroatoms. The predicted molar refractivity (Wildman–Crippen MR) is 56.8 cm³/mol. The average Bonchev–Trinajstić information content (AvgIpc) is 2.55. The summed E-state index contributed by atoms with van der Waals surface area (Å²) in [6, 6.07) is 3.98. The molecule has 0 N–H and O–H groups in total. The van der Waals surface area contributed by atoms with E-state index in [0.29, 0.717) is 0 Å². The number of hydrogen-bond donors (Lipinski definition) is 0. The van der Waals surface area contributed by atoms with E-state index in [2.05, 4.69) is 15.0 Å². The minimum absolute atomic E-state index is 0.800. The average molecular weight is 201 g/mol. The summed E-state index contributed by atoms with van der Waals surface area (Å²) in [5.74, 6) is 0.800. The Labute approximate surface area is 85.0 Å². The lowest BCUT2D eigenvalue weighted by molar-refractivity contribution is 1.17. The zero-order valence-electron chi connectivity index (χ0n) is 7.34. The van der Waals surface area contributed by atoms with E-state index >= 15 is 0 Å². The molecule has 0 atom stereocenters. The first-order chi connectivity index (χ1) is 6.95. The molecule has 0 spiro atoms. The maximum Gasteiger partial charge on any atom is 0.104 e. The lowest BCUT2D eigenvalue weighted by Gasteiger charge is -1.98. The first-order valence-corrected chi connectivity index (χ1v) is 5.31. The maximum absolute atomic E-state index is 4.37. The molecule has 0 unspecified atom stereocenters. The number of thioether (sulfide) groups is 1. The van der Waals surface area contributed by atoms with E-state index in [1.165, 1.54) is 0 Å². The summed E-state index contributed by atoms with van der Waals surface area (Å²) in [5.41, 5.74) is 0.957. The van der Waals surface area contributed by atoms with E-state index in [0.717, 1.165) is 27.2 Å². The van der Waals surface area contributed by atoms with Crippen molar-refractivity contribution in [1.29, 1.82) is 0 Å². The van der Waals surface area contributed by atoms with Crippen molar-refractivity contribution >= 4 is 23.7 Å². The predicted octanol–water partition coefficient (Wildman–Crippen LogP) is 1.22. The fourth-order valence-electron chi connectivity index (χ4n) is 1.49. The Balaban J connectivity index is 2.42. The largest absolute Gasteiger partial charge is 0.273 e. The third-order valence-corrected chi connectivity index (χ3v) is 3.07. The Morgan fingerprint density at radius 1 is 1.21 bits per heavy atom. The topological polar surface area (TPSA) is 37.1 Å². The lowest BCUT2D eigenvalue weighted by Crippen LogP contribution is -2.10. The molecular formula is C10H7N3S. The summed E-state index contributed by atoms with van der Waals surface area (Å²) in [5, 5.41) is 1.97. The van der Waals surface area contributed by atoms with Gasteiger partial charge >= 0.3 is 0 Å². The molecule has 2 aliphatic rings. The Bertz CT molecular complexity index is 557. The molecule has 0 fully saturated rings. The second-order valence-corrected chi connectivity index (χ2v) is 3.92. The van der Waals surface area contributed by atoms with Gasteiger partial charge in [-0.15, -0.1) is 0 Å². The van der Waals surface area contributed by atoms with E-state index in [9.17, 15) is 0 Å². The lowest BCUT2D eigenvalue weighted by atomic mass is 10.3. The SMILES string of the molecule is C1=CN=c2ccc3c(c2N=C1)SCN=3. The van der Waals surface area contributed by atoms with Crippen molar-refractivity contribution in [2.24, 2.45) is 15.0 Å². The highest BCUT2D eigenvalue weighted by atomic mass is 32.2. The van der Waals surface area contributed by atoms with Crippen molar-refractivity contribution < 1.29 is 0 Å². The number of rotatable bonds is 0. The summed E-state index contributed by atoms with van der Waals surface area (Å²) in [6.07, 6.45) is 5.37. The smallest absolute Gasteiger partial charge is 0.104 e. The molecule has 3 nitrogen and oxygen atoms in total. The van der Waals surface area contributed by atoms with Crippen LogP contribution in [-0.2, 0) is 0 Å². The van der Waals surface area contributed by atoms with E-state index in [1.807, 2.05) is 18.2 Å². The standard InChI is InChI=1S/C10H7N3S/c1-4-11-7-2-3-8-10(14-6-13-8)9(7)12-5-1/h1-5H,6H2. The fourth-order valence-corrected chi connectivity index (χ4v) is 2.40. The highest BCUT2D eigenvalue weighted by molar-refractivity contribution is 7.99. The number of hydrogen-bond acceptors (Lipinski definition) is 4. The Morgan fingerprint density at radius 3 is 3.14 bits per heavy atom. The number of aliphatic imine (C=N–C) groups is 1. The molecule has 0 aromatic heterocycles. The van der Waals surface area contributed by atoms with E-state index < -0.39 is 0 Å². The van der Waals surface area contributed by atoms with Crippen LogP contribution in [0.3, 0.4) is 0 Å². The van der Waals surface area contributed by atoms with Crippen molar-refractivity contribution in [3.63, 3.8) is 0 Å². The van der Waals surface area contributed by atoms with E-state index in [1.54, 1.807) is 24.2 Å². The van der Waals surface area contributed by atoms with Gasteiger partial charge in [0, 0.05) is 12.4 Å². The first-order valence-electron chi connectivity index (χ1n) is 4.32. The summed E-state index contributed by atoms with van der Waals surface area (Å²) in [7, 11) is 0. The molecule has 0 aliphatic carbocycles. The molecule has 3 rings (SSSR count). The number of nitrogens with zero attached hydrogens (tertiary/aromatic N) is 3. The highest BCUT2D eigenvalue weighted by Crippen LogP contribution is 2.26.